The molecule has 0 spiro atoms. The molecule has 122 valence electrons. The molecule has 3 heterocycles. The average Bonchev–Trinajstić information content (AvgIpc) is 3.08. The molecule has 0 N–H and O–H groups in total. The summed E-state index contributed by atoms with van der Waals surface area (Å²) in [5, 5.41) is 9.18. The summed E-state index contributed by atoms with van der Waals surface area (Å²) >= 11 is 1.48. The van der Waals surface area contributed by atoms with Crippen LogP contribution in [0.2, 0.25) is 0 Å². The summed E-state index contributed by atoms with van der Waals surface area (Å²) in [4.78, 5) is 13.4. The number of aromatic nitrogens is 6. The van der Waals surface area contributed by atoms with Crippen LogP contribution < -0.4 is 0 Å². The van der Waals surface area contributed by atoms with Crippen LogP contribution >= 0.6 is 11.8 Å². The van der Waals surface area contributed by atoms with Crippen LogP contribution in [0.5, 0.6) is 0 Å². The molecule has 23 heavy (non-hydrogen) atoms. The summed E-state index contributed by atoms with van der Waals surface area (Å²) < 4.78 is 7.07. The van der Waals surface area contributed by atoms with E-state index >= 15 is 0 Å². The van der Waals surface area contributed by atoms with Gasteiger partial charge in [-0.15, -0.1) is 5.10 Å². The Hall–Kier alpha value is -1.96. The Bertz CT molecular complexity index is 861. The molecule has 0 atom stereocenters. The number of rotatable bonds is 3. The van der Waals surface area contributed by atoms with Crippen molar-refractivity contribution in [1.82, 2.24) is 29.7 Å². The van der Waals surface area contributed by atoms with Gasteiger partial charge in [0, 0.05) is 16.8 Å². The fourth-order valence-corrected chi connectivity index (χ4v) is 2.71. The van der Waals surface area contributed by atoms with Crippen molar-refractivity contribution in [3.63, 3.8) is 0 Å². The molecule has 0 amide bonds. The van der Waals surface area contributed by atoms with Gasteiger partial charge in [0.15, 0.2) is 5.82 Å². The average molecular weight is 332 g/mol. The maximum atomic E-state index is 5.29. The van der Waals surface area contributed by atoms with Gasteiger partial charge in [-0.2, -0.15) is 9.97 Å². The maximum Gasteiger partial charge on any atom is 0.253 e. The molecule has 0 aliphatic carbocycles. The lowest BCUT2D eigenvalue weighted by atomic mass is 9.97. The van der Waals surface area contributed by atoms with E-state index in [1.807, 2.05) is 41.5 Å². The first kappa shape index (κ1) is 15.9. The number of aryl methyl sites for hydroxylation is 2. The van der Waals surface area contributed by atoms with Gasteiger partial charge in [-0.25, -0.2) is 9.50 Å². The van der Waals surface area contributed by atoms with Gasteiger partial charge >= 0.3 is 0 Å². The van der Waals surface area contributed by atoms with Gasteiger partial charge in [0.1, 0.15) is 0 Å². The van der Waals surface area contributed by atoms with Crippen molar-refractivity contribution in [2.45, 2.75) is 57.9 Å². The summed E-state index contributed by atoms with van der Waals surface area (Å²) in [5.74, 6) is 2.47. The molecule has 0 aromatic carbocycles. The molecule has 0 saturated heterocycles. The van der Waals surface area contributed by atoms with E-state index in [0.29, 0.717) is 28.4 Å². The molecule has 3 aromatic rings. The van der Waals surface area contributed by atoms with Crippen molar-refractivity contribution in [3.8, 4) is 0 Å². The van der Waals surface area contributed by atoms with Crippen molar-refractivity contribution in [3.05, 3.63) is 28.7 Å². The van der Waals surface area contributed by atoms with E-state index < -0.39 is 0 Å². The first-order chi connectivity index (χ1) is 10.8. The van der Waals surface area contributed by atoms with E-state index in [0.717, 1.165) is 17.0 Å². The molecule has 0 saturated carbocycles. The Morgan fingerprint density at radius 2 is 1.83 bits per heavy atom. The largest absolute Gasteiger partial charge is 0.339 e. The van der Waals surface area contributed by atoms with E-state index in [-0.39, 0.29) is 5.41 Å². The second-order valence-electron chi connectivity index (χ2n) is 6.57. The van der Waals surface area contributed by atoms with Crippen LogP contribution in [-0.2, 0) is 11.2 Å². The predicted octanol–water partition coefficient (Wildman–Crippen LogP) is 3.02. The van der Waals surface area contributed by atoms with Crippen molar-refractivity contribution in [2.24, 2.45) is 0 Å². The molecular formula is C15H20N6OS. The third-order valence-corrected chi connectivity index (χ3v) is 4.52. The number of hydrogen-bond donors (Lipinski definition) is 0. The second-order valence-corrected chi connectivity index (χ2v) is 7.51. The number of nitrogens with zero attached hydrogens (tertiary/aromatic N) is 6. The highest BCUT2D eigenvalue weighted by Gasteiger charge is 2.22. The predicted molar refractivity (Wildman–Crippen MR) is 87.6 cm³/mol. The molecule has 0 aliphatic heterocycles. The van der Waals surface area contributed by atoms with Gasteiger partial charge in [-0.1, -0.05) is 37.7 Å². The zero-order valence-electron chi connectivity index (χ0n) is 14.2. The standard InChI is InChI=1S/C15H20N6OS/c1-8-9(2)16-13-18-14(19-21(13)10(8)3)23-7-11-17-12(22-20-11)15(4,5)6/h7H2,1-6H3. The summed E-state index contributed by atoms with van der Waals surface area (Å²) in [6, 6.07) is 0. The van der Waals surface area contributed by atoms with Crippen LogP contribution in [0.1, 0.15) is 49.4 Å². The highest BCUT2D eigenvalue weighted by Crippen LogP contribution is 2.23. The van der Waals surface area contributed by atoms with E-state index in [2.05, 4.69) is 25.2 Å². The van der Waals surface area contributed by atoms with Crippen LogP contribution in [0, 0.1) is 20.8 Å². The molecule has 7 nitrogen and oxygen atoms in total. The molecule has 0 unspecified atom stereocenters. The Labute approximate surface area is 138 Å². The first-order valence-corrected chi connectivity index (χ1v) is 8.40. The summed E-state index contributed by atoms with van der Waals surface area (Å²) in [5.41, 5.74) is 3.02. The molecule has 0 bridgehead atoms. The van der Waals surface area contributed by atoms with E-state index in [1.54, 1.807) is 4.52 Å². The first-order valence-electron chi connectivity index (χ1n) is 7.42. The highest BCUT2D eigenvalue weighted by atomic mass is 32.2. The monoisotopic (exact) mass is 332 g/mol. The third kappa shape index (κ3) is 3.08. The summed E-state index contributed by atoms with van der Waals surface area (Å²) in [6.07, 6.45) is 0. The van der Waals surface area contributed by atoms with Gasteiger partial charge in [-0.3, -0.25) is 0 Å². The summed E-state index contributed by atoms with van der Waals surface area (Å²) in [6.45, 7) is 12.2. The zero-order chi connectivity index (χ0) is 16.8. The van der Waals surface area contributed by atoms with Crippen molar-refractivity contribution >= 4 is 17.5 Å². The lowest BCUT2D eigenvalue weighted by molar-refractivity contribution is 0.319. The maximum absolute atomic E-state index is 5.29. The third-order valence-electron chi connectivity index (χ3n) is 3.68. The lowest BCUT2D eigenvalue weighted by Gasteiger charge is -2.10. The number of hydrogen-bond acceptors (Lipinski definition) is 7. The second kappa shape index (κ2) is 5.59. The van der Waals surface area contributed by atoms with Crippen molar-refractivity contribution in [2.75, 3.05) is 0 Å². The van der Waals surface area contributed by atoms with Crippen LogP contribution in [0.15, 0.2) is 9.68 Å². The Morgan fingerprint density at radius 1 is 1.09 bits per heavy atom. The fourth-order valence-electron chi connectivity index (χ4n) is 2.04. The fraction of sp³-hybridized carbons (Fsp3) is 0.533. The Balaban J connectivity index is 1.80. The smallest absolute Gasteiger partial charge is 0.253 e. The summed E-state index contributed by atoms with van der Waals surface area (Å²) in [7, 11) is 0. The normalized spacial score (nSPS) is 12.3. The lowest BCUT2D eigenvalue weighted by Crippen LogP contribution is -2.11. The number of fused-ring (bicyclic) bond motifs is 1. The molecule has 3 aromatic heterocycles. The van der Waals surface area contributed by atoms with Gasteiger partial charge in [0.05, 0.1) is 5.75 Å². The van der Waals surface area contributed by atoms with Crippen molar-refractivity contribution < 1.29 is 4.52 Å². The minimum absolute atomic E-state index is 0.145. The van der Waals surface area contributed by atoms with E-state index in [1.165, 1.54) is 11.8 Å². The topological polar surface area (TPSA) is 82.0 Å². The van der Waals surface area contributed by atoms with Gasteiger partial charge in [0.25, 0.3) is 5.78 Å². The minimum Gasteiger partial charge on any atom is -0.339 e. The van der Waals surface area contributed by atoms with Crippen LogP contribution in [0.4, 0.5) is 0 Å². The van der Waals surface area contributed by atoms with Gasteiger partial charge in [0.2, 0.25) is 11.0 Å². The van der Waals surface area contributed by atoms with Gasteiger partial charge in [-0.05, 0) is 26.3 Å². The molecule has 0 aliphatic rings. The van der Waals surface area contributed by atoms with Crippen LogP contribution in [0.3, 0.4) is 0 Å². The van der Waals surface area contributed by atoms with Gasteiger partial charge < -0.3 is 4.52 Å². The minimum atomic E-state index is -0.145. The van der Waals surface area contributed by atoms with Crippen LogP contribution in [-0.4, -0.2) is 29.7 Å². The molecule has 0 fully saturated rings. The van der Waals surface area contributed by atoms with Crippen molar-refractivity contribution in [1.29, 1.82) is 0 Å². The Morgan fingerprint density at radius 3 is 2.48 bits per heavy atom. The molecular weight excluding hydrogens is 312 g/mol. The SMILES string of the molecule is Cc1nc2nc(SCc3noc(C(C)(C)C)n3)nn2c(C)c1C. The number of thioether (sulfide) groups is 1. The molecule has 0 radical (unpaired) electrons. The molecule has 3 rings (SSSR count). The van der Waals surface area contributed by atoms with Crippen LogP contribution in [0.25, 0.3) is 5.78 Å². The zero-order valence-corrected chi connectivity index (χ0v) is 15.0. The quantitative estimate of drug-likeness (QED) is 0.682. The van der Waals surface area contributed by atoms with E-state index in [4.69, 9.17) is 4.52 Å². The highest BCUT2D eigenvalue weighted by molar-refractivity contribution is 7.98. The molecule has 8 heteroatoms. The Kier molecular flexibility index (Phi) is 3.87. The van der Waals surface area contributed by atoms with E-state index in [9.17, 15) is 0 Å².